The van der Waals surface area contributed by atoms with Crippen LogP contribution in [0.25, 0.3) is 0 Å². The molecule has 1 radical (unpaired) electrons. The number of hydrogen-bond acceptors (Lipinski definition) is 0. The molecule has 0 saturated heterocycles. The normalized spacial score (nSPS) is 9.14. The van der Waals surface area contributed by atoms with Crippen molar-refractivity contribution in [2.75, 3.05) is 0 Å². The maximum Gasteiger partial charge on any atom is 0.0121 e. The van der Waals surface area contributed by atoms with Crippen LogP contribution >= 0.6 is 0 Å². The fourth-order valence-corrected chi connectivity index (χ4v) is 0.285. The van der Waals surface area contributed by atoms with Gasteiger partial charge in [0.15, 0.2) is 0 Å². The second kappa shape index (κ2) is 5.30. The lowest BCUT2D eigenvalue weighted by Gasteiger charge is -1.76. The zero-order chi connectivity index (χ0) is 5.54. The van der Waals surface area contributed by atoms with Gasteiger partial charge in [0.25, 0.3) is 0 Å². The van der Waals surface area contributed by atoms with Gasteiger partial charge in [0, 0.05) is 6.42 Å². The molecule has 0 fully saturated rings. The molecule has 0 aromatic heterocycles. The molecule has 0 bridgehead atoms. The smallest absolute Gasteiger partial charge is 0.0121 e. The monoisotopic (exact) mass is 93.1 g/mol. The van der Waals surface area contributed by atoms with Crippen molar-refractivity contribution < 1.29 is 0 Å². The highest BCUT2D eigenvalue weighted by Gasteiger charge is 1.68. The molecule has 0 aliphatic rings. The summed E-state index contributed by atoms with van der Waals surface area (Å²) in [5, 5.41) is 0. The highest BCUT2D eigenvalue weighted by molar-refractivity contribution is 4.91. The highest BCUT2D eigenvalue weighted by Crippen LogP contribution is 1.85. The molecule has 0 N–H and O–H groups in total. The molecular formula is C7H9. The lowest BCUT2D eigenvalue weighted by molar-refractivity contribution is 1.09. The van der Waals surface area contributed by atoms with Crippen LogP contribution in [0.5, 0.6) is 0 Å². The minimum Gasteiger partial charge on any atom is -0.120 e. The van der Waals surface area contributed by atoms with E-state index in [4.69, 9.17) is 6.42 Å². The van der Waals surface area contributed by atoms with Gasteiger partial charge in [-0.05, 0) is 13.3 Å². The molecule has 0 atom stereocenters. The summed E-state index contributed by atoms with van der Waals surface area (Å²) < 4.78 is 0. The summed E-state index contributed by atoms with van der Waals surface area (Å²) in [5.74, 6) is 2.52. The van der Waals surface area contributed by atoms with Gasteiger partial charge in [-0.3, -0.25) is 0 Å². The van der Waals surface area contributed by atoms with Crippen LogP contribution in [-0.4, -0.2) is 0 Å². The summed E-state index contributed by atoms with van der Waals surface area (Å²) in [5.41, 5.74) is 0. The first-order valence-corrected chi connectivity index (χ1v) is 2.29. The van der Waals surface area contributed by atoms with Gasteiger partial charge >= 0.3 is 0 Å². The highest BCUT2D eigenvalue weighted by atomic mass is 13.7. The predicted molar refractivity (Wildman–Crippen MR) is 32.6 cm³/mol. The lowest BCUT2D eigenvalue weighted by Crippen LogP contribution is -1.59. The third kappa shape index (κ3) is 5.30. The third-order valence-corrected chi connectivity index (χ3v) is 0.622. The SMILES string of the molecule is C#CCCC=C[CH2]. The molecule has 0 saturated carbocycles. The molecule has 0 nitrogen and oxygen atoms in total. The summed E-state index contributed by atoms with van der Waals surface area (Å²) >= 11 is 0. The number of terminal acetylenes is 1. The molecule has 0 amide bonds. The van der Waals surface area contributed by atoms with Crippen LogP contribution in [0.2, 0.25) is 0 Å². The third-order valence-electron chi connectivity index (χ3n) is 0.622. The van der Waals surface area contributed by atoms with Gasteiger partial charge in [0.05, 0.1) is 0 Å². The van der Waals surface area contributed by atoms with E-state index in [2.05, 4.69) is 12.8 Å². The number of rotatable bonds is 2. The van der Waals surface area contributed by atoms with Gasteiger partial charge in [0.2, 0.25) is 0 Å². The van der Waals surface area contributed by atoms with E-state index in [-0.39, 0.29) is 0 Å². The maximum absolute atomic E-state index is 4.96. The Morgan fingerprint density at radius 2 is 2.43 bits per heavy atom. The van der Waals surface area contributed by atoms with Gasteiger partial charge in [-0.2, -0.15) is 0 Å². The van der Waals surface area contributed by atoms with Crippen molar-refractivity contribution in [3.8, 4) is 12.3 Å². The van der Waals surface area contributed by atoms with E-state index in [1.165, 1.54) is 0 Å². The Balaban J connectivity index is 2.87. The van der Waals surface area contributed by atoms with Crippen molar-refractivity contribution in [1.29, 1.82) is 0 Å². The molecule has 0 unspecified atom stereocenters. The largest absolute Gasteiger partial charge is 0.120 e. The minimum atomic E-state index is 0.825. The molecule has 0 aliphatic heterocycles. The van der Waals surface area contributed by atoms with Gasteiger partial charge in [-0.15, -0.1) is 12.3 Å². The van der Waals surface area contributed by atoms with Crippen molar-refractivity contribution in [1.82, 2.24) is 0 Å². The van der Waals surface area contributed by atoms with Crippen LogP contribution in [0.4, 0.5) is 0 Å². The Morgan fingerprint density at radius 3 is 2.86 bits per heavy atom. The van der Waals surface area contributed by atoms with Crippen LogP contribution in [0.1, 0.15) is 12.8 Å². The Morgan fingerprint density at radius 1 is 1.71 bits per heavy atom. The van der Waals surface area contributed by atoms with Gasteiger partial charge < -0.3 is 0 Å². The molecule has 0 spiro atoms. The van der Waals surface area contributed by atoms with Crippen LogP contribution in [0.3, 0.4) is 0 Å². The van der Waals surface area contributed by atoms with Gasteiger partial charge in [-0.25, -0.2) is 0 Å². The van der Waals surface area contributed by atoms with Gasteiger partial charge in [0.1, 0.15) is 0 Å². The van der Waals surface area contributed by atoms with Crippen LogP contribution < -0.4 is 0 Å². The molecule has 0 aromatic rings. The van der Waals surface area contributed by atoms with Crippen LogP contribution in [-0.2, 0) is 0 Å². The molecule has 37 valence electrons. The second-order valence-electron chi connectivity index (χ2n) is 1.21. The molecular weight excluding hydrogens is 84.1 g/mol. The molecule has 7 heavy (non-hydrogen) atoms. The number of unbranched alkanes of at least 4 members (excludes halogenated alkanes) is 1. The minimum absolute atomic E-state index is 0.825. The van der Waals surface area contributed by atoms with Gasteiger partial charge in [-0.1, -0.05) is 12.2 Å². The number of hydrogen-bond donors (Lipinski definition) is 0. The van der Waals surface area contributed by atoms with Crippen molar-refractivity contribution >= 4 is 0 Å². The van der Waals surface area contributed by atoms with E-state index in [9.17, 15) is 0 Å². The lowest BCUT2D eigenvalue weighted by atomic mass is 10.3. The molecule has 0 aliphatic carbocycles. The zero-order valence-electron chi connectivity index (χ0n) is 4.35. The maximum atomic E-state index is 4.96. The standard InChI is InChI=1S/C7H9/c1-3-5-7-6-4-2/h1,4,6H,2,5,7H2. The van der Waals surface area contributed by atoms with E-state index >= 15 is 0 Å². The Bertz CT molecular complexity index is 82.7. The summed E-state index contributed by atoms with van der Waals surface area (Å²) in [6, 6.07) is 0. The topological polar surface area (TPSA) is 0 Å². The molecule has 0 heteroatoms. The van der Waals surface area contributed by atoms with E-state index in [0.717, 1.165) is 12.8 Å². The summed E-state index contributed by atoms with van der Waals surface area (Å²) in [4.78, 5) is 0. The quantitative estimate of drug-likeness (QED) is 0.360. The fraction of sp³-hybridized carbons (Fsp3) is 0.286. The summed E-state index contributed by atoms with van der Waals surface area (Å²) in [6.07, 6.45) is 10.5. The Hall–Kier alpha value is -0.700. The van der Waals surface area contributed by atoms with Crippen molar-refractivity contribution in [2.45, 2.75) is 12.8 Å². The van der Waals surface area contributed by atoms with Crippen LogP contribution in [0.15, 0.2) is 12.2 Å². The average molecular weight is 93.1 g/mol. The van der Waals surface area contributed by atoms with E-state index in [1.54, 1.807) is 6.08 Å². The van der Waals surface area contributed by atoms with Crippen molar-refractivity contribution in [3.05, 3.63) is 19.1 Å². The second-order valence-corrected chi connectivity index (χ2v) is 1.21. The first kappa shape index (κ1) is 6.30. The zero-order valence-corrected chi connectivity index (χ0v) is 4.35. The average Bonchev–Trinajstić information content (AvgIpc) is 1.69. The molecule has 0 rings (SSSR count). The van der Waals surface area contributed by atoms with Crippen molar-refractivity contribution in [2.24, 2.45) is 0 Å². The van der Waals surface area contributed by atoms with Crippen molar-refractivity contribution in [3.63, 3.8) is 0 Å². The summed E-state index contributed by atoms with van der Waals surface area (Å²) in [6.45, 7) is 3.51. The first-order chi connectivity index (χ1) is 3.41. The van der Waals surface area contributed by atoms with E-state index in [1.807, 2.05) is 6.08 Å². The van der Waals surface area contributed by atoms with E-state index < -0.39 is 0 Å². The molecule has 0 aromatic carbocycles. The van der Waals surface area contributed by atoms with E-state index in [0.29, 0.717) is 0 Å². The van der Waals surface area contributed by atoms with Crippen LogP contribution in [0, 0.1) is 19.3 Å². The predicted octanol–water partition coefficient (Wildman–Crippen LogP) is 1.79. The Kier molecular flexibility index (Phi) is 4.77. The Labute approximate surface area is 45.2 Å². The number of allylic oxidation sites excluding steroid dienone is 2. The fourth-order valence-electron chi connectivity index (χ4n) is 0.285. The molecule has 0 heterocycles. The first-order valence-electron chi connectivity index (χ1n) is 2.29. The summed E-state index contributed by atoms with van der Waals surface area (Å²) in [7, 11) is 0.